The number of rotatable bonds is 3. The maximum absolute atomic E-state index is 13.5. The number of fused-ring (bicyclic) bond motifs is 1. The predicted molar refractivity (Wildman–Crippen MR) is 82.3 cm³/mol. The second-order valence-electron chi connectivity index (χ2n) is 5.39. The molecule has 2 aromatic carbocycles. The van der Waals surface area contributed by atoms with E-state index in [0.717, 1.165) is 24.2 Å². The highest BCUT2D eigenvalue weighted by atomic mass is 35.5. The Bertz CT molecular complexity index is 646. The van der Waals surface area contributed by atoms with Gasteiger partial charge in [-0.3, -0.25) is 0 Å². The lowest BCUT2D eigenvalue weighted by molar-refractivity contribution is 0.259. The summed E-state index contributed by atoms with van der Waals surface area (Å²) in [5.41, 5.74) is 8.22. The average Bonchev–Trinajstić information content (AvgIpc) is 2.50. The molecule has 1 heterocycles. The standard InChI is InChI=1S/C17H17ClFNO/c18-14-6-5-12(9-15(14)19)16(20)10-11-7-8-21-17-4-2-1-3-13(11)17/h1-6,9,11,16H,7-8,10,20H2. The molecule has 0 aromatic heterocycles. The second-order valence-corrected chi connectivity index (χ2v) is 5.79. The SMILES string of the molecule is NC(CC1CCOc2ccccc21)c1ccc(Cl)c(F)c1. The minimum atomic E-state index is -0.419. The Morgan fingerprint density at radius 2 is 2.10 bits per heavy atom. The van der Waals surface area contributed by atoms with E-state index in [1.54, 1.807) is 12.1 Å². The van der Waals surface area contributed by atoms with Gasteiger partial charge < -0.3 is 10.5 Å². The lowest BCUT2D eigenvalue weighted by Gasteiger charge is -2.28. The van der Waals surface area contributed by atoms with Gasteiger partial charge in [-0.1, -0.05) is 35.9 Å². The van der Waals surface area contributed by atoms with Crippen LogP contribution in [0.5, 0.6) is 5.75 Å². The van der Waals surface area contributed by atoms with Crippen LogP contribution in [0.4, 0.5) is 4.39 Å². The first-order chi connectivity index (χ1) is 10.1. The lowest BCUT2D eigenvalue weighted by atomic mass is 9.86. The van der Waals surface area contributed by atoms with Crippen LogP contribution in [0.1, 0.15) is 35.9 Å². The zero-order valence-corrected chi connectivity index (χ0v) is 12.3. The summed E-state index contributed by atoms with van der Waals surface area (Å²) in [6.07, 6.45) is 1.70. The van der Waals surface area contributed by atoms with Gasteiger partial charge in [-0.25, -0.2) is 4.39 Å². The summed E-state index contributed by atoms with van der Waals surface area (Å²) in [7, 11) is 0. The van der Waals surface area contributed by atoms with Crippen molar-refractivity contribution in [1.82, 2.24) is 0 Å². The number of benzene rings is 2. The average molecular weight is 306 g/mol. The normalized spacial score (nSPS) is 18.7. The van der Waals surface area contributed by atoms with Crippen molar-refractivity contribution in [3.63, 3.8) is 0 Å². The molecule has 110 valence electrons. The maximum Gasteiger partial charge on any atom is 0.142 e. The summed E-state index contributed by atoms with van der Waals surface area (Å²) in [6.45, 7) is 0.698. The molecule has 2 N–H and O–H groups in total. The number of ether oxygens (including phenoxy) is 1. The maximum atomic E-state index is 13.5. The van der Waals surface area contributed by atoms with Crippen molar-refractivity contribution in [3.8, 4) is 5.75 Å². The molecule has 3 rings (SSSR count). The van der Waals surface area contributed by atoms with Crippen molar-refractivity contribution in [2.75, 3.05) is 6.61 Å². The van der Waals surface area contributed by atoms with Crippen molar-refractivity contribution >= 4 is 11.6 Å². The van der Waals surface area contributed by atoms with Crippen LogP contribution >= 0.6 is 11.6 Å². The summed E-state index contributed by atoms with van der Waals surface area (Å²) >= 11 is 5.71. The van der Waals surface area contributed by atoms with Gasteiger partial charge in [0.25, 0.3) is 0 Å². The van der Waals surface area contributed by atoms with Crippen LogP contribution in [-0.2, 0) is 0 Å². The molecule has 0 radical (unpaired) electrons. The van der Waals surface area contributed by atoms with E-state index < -0.39 is 5.82 Å². The van der Waals surface area contributed by atoms with Crippen molar-refractivity contribution in [2.45, 2.75) is 24.8 Å². The summed E-state index contributed by atoms with van der Waals surface area (Å²) in [5.74, 6) is 0.851. The molecular formula is C17H17ClFNO. The van der Waals surface area contributed by atoms with Gasteiger partial charge in [0.1, 0.15) is 11.6 Å². The summed E-state index contributed by atoms with van der Waals surface area (Å²) in [6, 6.07) is 12.6. The van der Waals surface area contributed by atoms with Gasteiger partial charge in [-0.15, -0.1) is 0 Å². The Labute approximate surface area is 128 Å². The molecular weight excluding hydrogens is 289 g/mol. The highest BCUT2D eigenvalue weighted by molar-refractivity contribution is 6.30. The summed E-state index contributed by atoms with van der Waals surface area (Å²) in [4.78, 5) is 0. The van der Waals surface area contributed by atoms with Gasteiger partial charge in [0.05, 0.1) is 11.6 Å². The van der Waals surface area contributed by atoms with E-state index >= 15 is 0 Å². The van der Waals surface area contributed by atoms with Gasteiger partial charge >= 0.3 is 0 Å². The molecule has 2 aromatic rings. The third kappa shape index (κ3) is 3.04. The molecule has 0 aliphatic carbocycles. The topological polar surface area (TPSA) is 35.2 Å². The third-order valence-electron chi connectivity index (χ3n) is 3.99. The Balaban J connectivity index is 1.79. The van der Waals surface area contributed by atoms with Crippen LogP contribution in [-0.4, -0.2) is 6.61 Å². The molecule has 1 aliphatic heterocycles. The summed E-state index contributed by atoms with van der Waals surface area (Å²) < 4.78 is 19.2. The number of nitrogens with two attached hydrogens (primary N) is 1. The van der Waals surface area contributed by atoms with Crippen LogP contribution in [0.25, 0.3) is 0 Å². The van der Waals surface area contributed by atoms with Crippen LogP contribution in [0.3, 0.4) is 0 Å². The zero-order chi connectivity index (χ0) is 14.8. The van der Waals surface area contributed by atoms with Crippen LogP contribution in [0, 0.1) is 5.82 Å². The number of hydrogen-bond acceptors (Lipinski definition) is 2. The van der Waals surface area contributed by atoms with Crippen LogP contribution in [0.2, 0.25) is 5.02 Å². The van der Waals surface area contributed by atoms with Crippen molar-refractivity contribution in [2.24, 2.45) is 5.73 Å². The Hall–Kier alpha value is -1.58. The van der Waals surface area contributed by atoms with E-state index in [1.807, 2.05) is 18.2 Å². The fraction of sp³-hybridized carbons (Fsp3) is 0.294. The third-order valence-corrected chi connectivity index (χ3v) is 4.30. The summed E-state index contributed by atoms with van der Waals surface area (Å²) in [5, 5.41) is 0.127. The monoisotopic (exact) mass is 305 g/mol. The smallest absolute Gasteiger partial charge is 0.142 e. The molecule has 2 nitrogen and oxygen atoms in total. The Morgan fingerprint density at radius 1 is 1.29 bits per heavy atom. The van der Waals surface area contributed by atoms with E-state index in [2.05, 4.69) is 6.07 Å². The molecule has 2 atom stereocenters. The molecule has 0 saturated carbocycles. The minimum absolute atomic E-state index is 0.127. The van der Waals surface area contributed by atoms with Gasteiger partial charge in [-0.2, -0.15) is 0 Å². The van der Waals surface area contributed by atoms with E-state index in [-0.39, 0.29) is 11.1 Å². The molecule has 0 fully saturated rings. The molecule has 1 aliphatic rings. The van der Waals surface area contributed by atoms with Gasteiger partial charge in [-0.05, 0) is 48.1 Å². The molecule has 21 heavy (non-hydrogen) atoms. The van der Waals surface area contributed by atoms with Crippen LogP contribution < -0.4 is 10.5 Å². The highest BCUT2D eigenvalue weighted by Gasteiger charge is 2.23. The zero-order valence-electron chi connectivity index (χ0n) is 11.6. The predicted octanol–water partition coefficient (Wildman–Crippen LogP) is 4.44. The van der Waals surface area contributed by atoms with E-state index in [1.165, 1.54) is 11.6 Å². The van der Waals surface area contributed by atoms with E-state index in [0.29, 0.717) is 12.5 Å². The van der Waals surface area contributed by atoms with Crippen LogP contribution in [0.15, 0.2) is 42.5 Å². The minimum Gasteiger partial charge on any atom is -0.493 e. The van der Waals surface area contributed by atoms with Crippen molar-refractivity contribution < 1.29 is 9.13 Å². The number of para-hydroxylation sites is 1. The molecule has 0 spiro atoms. The van der Waals surface area contributed by atoms with Crippen molar-refractivity contribution in [3.05, 3.63) is 64.4 Å². The quantitative estimate of drug-likeness (QED) is 0.910. The number of hydrogen-bond donors (Lipinski definition) is 1. The first-order valence-corrected chi connectivity index (χ1v) is 7.45. The largest absolute Gasteiger partial charge is 0.493 e. The van der Waals surface area contributed by atoms with E-state index in [4.69, 9.17) is 22.1 Å². The molecule has 0 bridgehead atoms. The van der Waals surface area contributed by atoms with Gasteiger partial charge in [0.2, 0.25) is 0 Å². The highest BCUT2D eigenvalue weighted by Crippen LogP contribution is 2.38. The van der Waals surface area contributed by atoms with Gasteiger partial charge in [0, 0.05) is 6.04 Å². The fourth-order valence-corrected chi connectivity index (χ4v) is 2.96. The van der Waals surface area contributed by atoms with Crippen molar-refractivity contribution in [1.29, 1.82) is 0 Å². The van der Waals surface area contributed by atoms with Gasteiger partial charge in [0.15, 0.2) is 0 Å². The molecule has 2 unspecified atom stereocenters. The number of halogens is 2. The fourth-order valence-electron chi connectivity index (χ4n) is 2.85. The molecule has 0 amide bonds. The van der Waals surface area contributed by atoms with E-state index in [9.17, 15) is 4.39 Å². The first-order valence-electron chi connectivity index (χ1n) is 7.07. The Morgan fingerprint density at radius 3 is 2.90 bits per heavy atom. The molecule has 0 saturated heterocycles. The molecule has 4 heteroatoms. The first kappa shape index (κ1) is 14.4. The lowest BCUT2D eigenvalue weighted by Crippen LogP contribution is -2.20. The Kier molecular flexibility index (Phi) is 4.13. The second kappa shape index (κ2) is 6.04.